The Balaban J connectivity index is 1.91. The molecule has 5 heteroatoms. The predicted octanol–water partition coefficient (Wildman–Crippen LogP) is 3.54. The van der Waals surface area contributed by atoms with Crippen molar-refractivity contribution in [3.8, 4) is 0 Å². The summed E-state index contributed by atoms with van der Waals surface area (Å²) in [4.78, 5) is 16.5. The van der Waals surface area contributed by atoms with Crippen LogP contribution in [0.2, 0.25) is 0 Å². The Morgan fingerprint density at radius 1 is 1.00 bits per heavy atom. The summed E-state index contributed by atoms with van der Waals surface area (Å²) >= 11 is 0. The van der Waals surface area contributed by atoms with E-state index in [9.17, 15) is 4.79 Å². The van der Waals surface area contributed by atoms with Crippen LogP contribution >= 0.6 is 0 Å². The number of carbonyl (C=O) groups is 1. The number of hydrogen-bond donors (Lipinski definition) is 1. The van der Waals surface area contributed by atoms with Crippen LogP contribution in [0.4, 0.5) is 10.5 Å². The first-order valence-corrected chi connectivity index (χ1v) is 7.25. The van der Waals surface area contributed by atoms with Crippen LogP contribution in [0.1, 0.15) is 0 Å². The number of nitrogens with zero attached hydrogens (tertiary/aromatic N) is 3. The lowest BCUT2D eigenvalue weighted by molar-refractivity contribution is 0.252. The topological polar surface area (TPSA) is 64.2 Å². The number of carbonyl (C=O) groups excluding carboxylic acids is 1. The molecule has 0 aliphatic heterocycles. The molecule has 0 radical (unpaired) electrons. The number of primary amides is 1. The van der Waals surface area contributed by atoms with E-state index in [4.69, 9.17) is 5.73 Å². The van der Waals surface area contributed by atoms with Gasteiger partial charge < -0.3 is 5.73 Å². The van der Waals surface area contributed by atoms with E-state index in [1.165, 1.54) is 5.01 Å². The van der Waals surface area contributed by atoms with Crippen molar-refractivity contribution in [2.24, 2.45) is 5.73 Å². The molecule has 2 heterocycles. The highest BCUT2D eigenvalue weighted by molar-refractivity contribution is 5.95. The summed E-state index contributed by atoms with van der Waals surface area (Å²) in [6, 6.07) is 18.9. The number of aromatic nitrogens is 2. The van der Waals surface area contributed by atoms with Gasteiger partial charge in [0, 0.05) is 17.0 Å². The zero-order valence-corrected chi connectivity index (χ0v) is 12.3. The summed E-state index contributed by atoms with van der Waals surface area (Å²) in [7, 11) is 0. The highest BCUT2D eigenvalue weighted by atomic mass is 16.2. The number of benzene rings is 2. The molecule has 0 saturated carbocycles. The van der Waals surface area contributed by atoms with Crippen molar-refractivity contribution in [1.29, 1.82) is 0 Å². The van der Waals surface area contributed by atoms with Crippen LogP contribution < -0.4 is 10.7 Å². The van der Waals surface area contributed by atoms with E-state index in [1.54, 1.807) is 10.9 Å². The Hall–Kier alpha value is -3.34. The minimum atomic E-state index is -0.566. The van der Waals surface area contributed by atoms with E-state index in [-0.39, 0.29) is 0 Å². The number of rotatable bonds is 2. The second kappa shape index (κ2) is 5.14. The summed E-state index contributed by atoms with van der Waals surface area (Å²) in [5.74, 6) is 0. The van der Waals surface area contributed by atoms with Crippen LogP contribution in [0.3, 0.4) is 0 Å². The Morgan fingerprint density at radius 2 is 1.74 bits per heavy atom. The third-order valence-corrected chi connectivity index (χ3v) is 3.82. The van der Waals surface area contributed by atoms with E-state index in [0.717, 1.165) is 21.8 Å². The van der Waals surface area contributed by atoms with Crippen molar-refractivity contribution >= 4 is 33.5 Å². The highest BCUT2D eigenvalue weighted by Crippen LogP contribution is 2.24. The zero-order valence-electron chi connectivity index (χ0n) is 12.3. The average molecular weight is 302 g/mol. The van der Waals surface area contributed by atoms with Gasteiger partial charge in [0.05, 0.1) is 22.9 Å². The molecule has 2 N–H and O–H groups in total. The number of nitrogens with two attached hydrogens (primary N) is 1. The molecule has 0 fully saturated rings. The average Bonchev–Trinajstić information content (AvgIpc) is 2.99. The van der Waals surface area contributed by atoms with Crippen LogP contribution in [0, 0.1) is 0 Å². The van der Waals surface area contributed by atoms with Gasteiger partial charge >= 0.3 is 6.03 Å². The first kappa shape index (κ1) is 13.3. The van der Waals surface area contributed by atoms with Gasteiger partial charge in [-0.2, -0.15) is 5.01 Å². The molecule has 4 rings (SSSR count). The quantitative estimate of drug-likeness (QED) is 0.615. The van der Waals surface area contributed by atoms with Gasteiger partial charge in [-0.1, -0.05) is 36.4 Å². The number of pyridine rings is 1. The van der Waals surface area contributed by atoms with Crippen LogP contribution in [-0.2, 0) is 0 Å². The molecule has 4 aromatic rings. The molecule has 5 nitrogen and oxygen atoms in total. The molecular weight excluding hydrogens is 288 g/mol. The molecule has 0 spiro atoms. The minimum absolute atomic E-state index is 0.566. The number of anilines is 1. The molecule has 0 aliphatic rings. The molecule has 0 aliphatic carbocycles. The van der Waals surface area contributed by atoms with Crippen LogP contribution in [-0.4, -0.2) is 15.7 Å². The maximum atomic E-state index is 12.1. The number of hydrogen-bond acceptors (Lipinski definition) is 2. The first-order chi connectivity index (χ1) is 11.2. The molecule has 2 amide bonds. The number of amides is 2. The van der Waals surface area contributed by atoms with Crippen molar-refractivity contribution in [1.82, 2.24) is 9.66 Å². The molecule has 0 bridgehead atoms. The molecule has 0 saturated heterocycles. The van der Waals surface area contributed by atoms with E-state index in [0.29, 0.717) is 5.69 Å². The van der Waals surface area contributed by atoms with Gasteiger partial charge in [-0.15, -0.1) is 0 Å². The monoisotopic (exact) mass is 302 g/mol. The number of para-hydroxylation sites is 2. The standard InChI is InChI=1S/C18H14N4O/c19-18(23)22(21-10-9-13-5-2-4-8-17(13)21)15-11-14-6-1-3-7-16(14)20-12-15/h1-12H,(H2,19,23). The van der Waals surface area contributed by atoms with Gasteiger partial charge in [-0.05, 0) is 24.3 Å². The van der Waals surface area contributed by atoms with E-state index < -0.39 is 6.03 Å². The van der Waals surface area contributed by atoms with Crippen LogP contribution in [0.5, 0.6) is 0 Å². The van der Waals surface area contributed by atoms with Crippen molar-refractivity contribution in [3.05, 3.63) is 73.1 Å². The normalized spacial score (nSPS) is 11.0. The van der Waals surface area contributed by atoms with Gasteiger partial charge in [0.25, 0.3) is 0 Å². The lowest BCUT2D eigenvalue weighted by Gasteiger charge is -2.22. The van der Waals surface area contributed by atoms with Crippen LogP contribution in [0.15, 0.2) is 73.1 Å². The molecule has 2 aromatic carbocycles. The molecule has 0 atom stereocenters. The van der Waals surface area contributed by atoms with Gasteiger partial charge in [0.15, 0.2) is 0 Å². The van der Waals surface area contributed by atoms with Crippen molar-refractivity contribution < 1.29 is 4.79 Å². The second-order valence-electron chi connectivity index (χ2n) is 5.26. The van der Waals surface area contributed by atoms with E-state index >= 15 is 0 Å². The summed E-state index contributed by atoms with van der Waals surface area (Å²) < 4.78 is 1.74. The van der Waals surface area contributed by atoms with Gasteiger partial charge in [0.1, 0.15) is 0 Å². The fourth-order valence-corrected chi connectivity index (χ4v) is 2.78. The Morgan fingerprint density at radius 3 is 2.57 bits per heavy atom. The molecule has 2 aromatic heterocycles. The summed E-state index contributed by atoms with van der Waals surface area (Å²) in [6.45, 7) is 0. The van der Waals surface area contributed by atoms with Crippen molar-refractivity contribution in [2.45, 2.75) is 0 Å². The first-order valence-electron chi connectivity index (χ1n) is 7.25. The molecular formula is C18H14N4O. The number of fused-ring (bicyclic) bond motifs is 2. The minimum Gasteiger partial charge on any atom is -0.350 e. The third kappa shape index (κ3) is 2.19. The largest absolute Gasteiger partial charge is 0.350 e. The molecule has 0 unspecified atom stereocenters. The van der Waals surface area contributed by atoms with Crippen LogP contribution in [0.25, 0.3) is 21.8 Å². The summed E-state index contributed by atoms with van der Waals surface area (Å²) in [5.41, 5.74) is 8.03. The predicted molar refractivity (Wildman–Crippen MR) is 91.1 cm³/mol. The molecule has 23 heavy (non-hydrogen) atoms. The van der Waals surface area contributed by atoms with Gasteiger partial charge in [-0.25, -0.2) is 4.79 Å². The Labute approximate surface area is 132 Å². The molecule has 112 valence electrons. The Kier molecular flexibility index (Phi) is 2.98. The second-order valence-corrected chi connectivity index (χ2v) is 5.26. The maximum Gasteiger partial charge on any atom is 0.338 e. The van der Waals surface area contributed by atoms with Crippen molar-refractivity contribution in [2.75, 3.05) is 5.01 Å². The highest BCUT2D eigenvalue weighted by Gasteiger charge is 2.17. The zero-order chi connectivity index (χ0) is 15.8. The fraction of sp³-hybridized carbons (Fsp3) is 0. The number of urea groups is 1. The fourth-order valence-electron chi connectivity index (χ4n) is 2.78. The van der Waals surface area contributed by atoms with E-state index in [1.807, 2.05) is 66.9 Å². The Bertz CT molecular complexity index is 1020. The lowest BCUT2D eigenvalue weighted by atomic mass is 10.2. The van der Waals surface area contributed by atoms with E-state index in [2.05, 4.69) is 4.98 Å². The smallest absolute Gasteiger partial charge is 0.338 e. The summed E-state index contributed by atoms with van der Waals surface area (Å²) in [6.07, 6.45) is 3.48. The van der Waals surface area contributed by atoms with Crippen molar-refractivity contribution in [3.63, 3.8) is 0 Å². The SMILES string of the molecule is NC(=O)N(c1cnc2ccccc2c1)n1ccc2ccccc21. The van der Waals surface area contributed by atoms with Gasteiger partial charge in [-0.3, -0.25) is 9.66 Å². The summed E-state index contributed by atoms with van der Waals surface area (Å²) in [5, 5.41) is 3.40. The lowest BCUT2D eigenvalue weighted by Crippen LogP contribution is -2.39. The third-order valence-electron chi connectivity index (χ3n) is 3.82. The maximum absolute atomic E-state index is 12.1. The van der Waals surface area contributed by atoms with Gasteiger partial charge in [0.2, 0.25) is 0 Å².